The van der Waals surface area contributed by atoms with E-state index in [0.29, 0.717) is 19.8 Å². The topological polar surface area (TPSA) is 92.9 Å². The lowest BCUT2D eigenvalue weighted by atomic mass is 9.84. The minimum Gasteiger partial charge on any atom is -0.481 e. The fourth-order valence-corrected chi connectivity index (χ4v) is 3.18. The predicted molar refractivity (Wildman–Crippen MR) is 73.0 cm³/mol. The normalized spacial score (nSPS) is 32.1. The van der Waals surface area contributed by atoms with Crippen LogP contribution in [0.4, 0.5) is 0 Å². The molecule has 2 rings (SSSR count). The molecule has 114 valence electrons. The molecule has 0 aliphatic carbocycles. The maximum Gasteiger partial charge on any atom is 0.303 e. The minimum absolute atomic E-state index is 0.0715. The highest BCUT2D eigenvalue weighted by molar-refractivity contribution is 5.80. The SMILES string of the molecule is CC(CC(=O)O)C1CCCN(C(=O)C2COCC2N)C1. The van der Waals surface area contributed by atoms with E-state index in [2.05, 4.69) is 0 Å². The van der Waals surface area contributed by atoms with Gasteiger partial charge in [0.2, 0.25) is 5.91 Å². The number of hydrogen-bond donors (Lipinski definition) is 2. The Labute approximate surface area is 119 Å². The number of amides is 1. The molecule has 0 bridgehead atoms. The number of likely N-dealkylation sites (tertiary alicyclic amines) is 1. The first-order valence-corrected chi connectivity index (χ1v) is 7.33. The van der Waals surface area contributed by atoms with Gasteiger partial charge in [0, 0.05) is 25.6 Å². The molecule has 0 aromatic carbocycles. The van der Waals surface area contributed by atoms with Gasteiger partial charge >= 0.3 is 5.97 Å². The van der Waals surface area contributed by atoms with Crippen LogP contribution in [0.2, 0.25) is 0 Å². The molecule has 4 unspecified atom stereocenters. The molecule has 6 heteroatoms. The van der Waals surface area contributed by atoms with Crippen LogP contribution in [0.5, 0.6) is 0 Å². The molecule has 2 heterocycles. The molecule has 2 saturated heterocycles. The molecular weight excluding hydrogens is 260 g/mol. The highest BCUT2D eigenvalue weighted by Gasteiger charge is 2.36. The highest BCUT2D eigenvalue weighted by Crippen LogP contribution is 2.27. The van der Waals surface area contributed by atoms with Gasteiger partial charge in [-0.25, -0.2) is 0 Å². The smallest absolute Gasteiger partial charge is 0.303 e. The largest absolute Gasteiger partial charge is 0.481 e. The Balaban J connectivity index is 1.92. The van der Waals surface area contributed by atoms with Crippen molar-refractivity contribution in [3.8, 4) is 0 Å². The number of nitrogens with zero attached hydrogens (tertiary/aromatic N) is 1. The quantitative estimate of drug-likeness (QED) is 0.775. The Morgan fingerprint density at radius 1 is 1.45 bits per heavy atom. The van der Waals surface area contributed by atoms with Crippen LogP contribution in [0, 0.1) is 17.8 Å². The lowest BCUT2D eigenvalue weighted by molar-refractivity contribution is -0.139. The van der Waals surface area contributed by atoms with Crippen molar-refractivity contribution in [3.63, 3.8) is 0 Å². The van der Waals surface area contributed by atoms with Crippen molar-refractivity contribution < 1.29 is 19.4 Å². The molecule has 3 N–H and O–H groups in total. The number of piperidine rings is 1. The van der Waals surface area contributed by atoms with Crippen molar-refractivity contribution in [1.82, 2.24) is 4.90 Å². The summed E-state index contributed by atoms with van der Waals surface area (Å²) in [6.45, 7) is 4.21. The van der Waals surface area contributed by atoms with Crippen molar-refractivity contribution in [2.75, 3.05) is 26.3 Å². The van der Waals surface area contributed by atoms with Crippen molar-refractivity contribution in [2.24, 2.45) is 23.5 Å². The van der Waals surface area contributed by atoms with Gasteiger partial charge in [0.05, 0.1) is 19.1 Å². The highest BCUT2D eigenvalue weighted by atomic mass is 16.5. The van der Waals surface area contributed by atoms with Gasteiger partial charge in [0.25, 0.3) is 0 Å². The van der Waals surface area contributed by atoms with Crippen LogP contribution < -0.4 is 5.73 Å². The second kappa shape index (κ2) is 6.54. The van der Waals surface area contributed by atoms with Gasteiger partial charge in [0.1, 0.15) is 0 Å². The number of carbonyl (C=O) groups is 2. The maximum atomic E-state index is 12.5. The number of carboxylic acids is 1. The van der Waals surface area contributed by atoms with Crippen molar-refractivity contribution in [2.45, 2.75) is 32.2 Å². The van der Waals surface area contributed by atoms with Gasteiger partial charge in [-0.1, -0.05) is 6.92 Å². The zero-order valence-electron chi connectivity index (χ0n) is 12.0. The van der Waals surface area contributed by atoms with E-state index in [9.17, 15) is 9.59 Å². The molecule has 0 saturated carbocycles. The summed E-state index contributed by atoms with van der Waals surface area (Å²) in [5, 5.41) is 8.88. The van der Waals surface area contributed by atoms with Crippen molar-refractivity contribution in [3.05, 3.63) is 0 Å². The second-order valence-electron chi connectivity index (χ2n) is 6.07. The number of aliphatic carboxylic acids is 1. The standard InChI is InChI=1S/C14H24N2O4/c1-9(5-13(17)18)10-3-2-4-16(6-10)14(19)11-7-20-8-12(11)15/h9-12H,2-8,15H2,1H3,(H,17,18). The molecule has 1 amide bonds. The predicted octanol–water partition coefficient (Wildman–Crippen LogP) is 0.310. The van der Waals surface area contributed by atoms with E-state index in [4.69, 9.17) is 15.6 Å². The van der Waals surface area contributed by atoms with E-state index in [1.807, 2.05) is 11.8 Å². The van der Waals surface area contributed by atoms with Crippen LogP contribution in [0.1, 0.15) is 26.2 Å². The van der Waals surface area contributed by atoms with E-state index in [1.54, 1.807) is 0 Å². The van der Waals surface area contributed by atoms with E-state index in [-0.39, 0.29) is 36.1 Å². The molecule has 2 fully saturated rings. The zero-order chi connectivity index (χ0) is 14.7. The average Bonchev–Trinajstić information content (AvgIpc) is 2.83. The lowest BCUT2D eigenvalue weighted by Crippen LogP contribution is -2.48. The third kappa shape index (κ3) is 3.49. The third-order valence-electron chi connectivity index (χ3n) is 4.51. The van der Waals surface area contributed by atoms with Gasteiger partial charge in [-0.05, 0) is 24.7 Å². The summed E-state index contributed by atoms with van der Waals surface area (Å²) >= 11 is 0. The Bertz CT molecular complexity index is 374. The monoisotopic (exact) mass is 284 g/mol. The van der Waals surface area contributed by atoms with Gasteiger partial charge < -0.3 is 20.5 Å². The fourth-order valence-electron chi connectivity index (χ4n) is 3.18. The van der Waals surface area contributed by atoms with Crippen LogP contribution in [-0.4, -0.2) is 54.2 Å². The first-order chi connectivity index (χ1) is 9.49. The number of rotatable bonds is 4. The van der Waals surface area contributed by atoms with Gasteiger partial charge in [-0.3, -0.25) is 9.59 Å². The molecule has 20 heavy (non-hydrogen) atoms. The molecule has 0 aromatic heterocycles. The molecule has 2 aliphatic heterocycles. The lowest BCUT2D eigenvalue weighted by Gasteiger charge is -2.37. The number of carboxylic acid groups (broad SMARTS) is 1. The van der Waals surface area contributed by atoms with Crippen LogP contribution in [0.25, 0.3) is 0 Å². The first-order valence-electron chi connectivity index (χ1n) is 7.33. The zero-order valence-corrected chi connectivity index (χ0v) is 12.0. The van der Waals surface area contributed by atoms with Gasteiger partial charge in [-0.2, -0.15) is 0 Å². The molecular formula is C14H24N2O4. The number of carbonyl (C=O) groups excluding carboxylic acids is 1. The summed E-state index contributed by atoms with van der Waals surface area (Å²) < 4.78 is 5.26. The number of nitrogens with two attached hydrogens (primary N) is 1. The Kier molecular flexibility index (Phi) is 4.99. The Morgan fingerprint density at radius 2 is 2.20 bits per heavy atom. The number of ether oxygens (including phenoxy) is 1. The summed E-state index contributed by atoms with van der Waals surface area (Å²) in [6.07, 6.45) is 2.09. The van der Waals surface area contributed by atoms with E-state index in [0.717, 1.165) is 19.4 Å². The summed E-state index contributed by atoms with van der Waals surface area (Å²) in [5.74, 6) is -0.572. The number of hydrogen-bond acceptors (Lipinski definition) is 4. The fraction of sp³-hybridized carbons (Fsp3) is 0.857. The van der Waals surface area contributed by atoms with Gasteiger partial charge in [0.15, 0.2) is 0 Å². The maximum absolute atomic E-state index is 12.5. The van der Waals surface area contributed by atoms with E-state index in [1.165, 1.54) is 0 Å². The van der Waals surface area contributed by atoms with Crippen LogP contribution in [0.15, 0.2) is 0 Å². The molecule has 0 aromatic rings. The second-order valence-corrected chi connectivity index (χ2v) is 6.07. The molecule has 6 nitrogen and oxygen atoms in total. The molecule has 0 radical (unpaired) electrons. The summed E-state index contributed by atoms with van der Waals surface area (Å²) in [7, 11) is 0. The summed E-state index contributed by atoms with van der Waals surface area (Å²) in [4.78, 5) is 25.1. The third-order valence-corrected chi connectivity index (χ3v) is 4.51. The van der Waals surface area contributed by atoms with Crippen molar-refractivity contribution >= 4 is 11.9 Å². The average molecular weight is 284 g/mol. The molecule has 0 spiro atoms. The van der Waals surface area contributed by atoms with E-state index >= 15 is 0 Å². The van der Waals surface area contributed by atoms with Gasteiger partial charge in [-0.15, -0.1) is 0 Å². The van der Waals surface area contributed by atoms with Crippen LogP contribution >= 0.6 is 0 Å². The van der Waals surface area contributed by atoms with E-state index < -0.39 is 5.97 Å². The summed E-state index contributed by atoms with van der Waals surface area (Å²) in [5.41, 5.74) is 5.90. The molecule has 2 aliphatic rings. The molecule has 4 atom stereocenters. The minimum atomic E-state index is -0.771. The Hall–Kier alpha value is -1.14. The van der Waals surface area contributed by atoms with Crippen LogP contribution in [-0.2, 0) is 14.3 Å². The van der Waals surface area contributed by atoms with Crippen LogP contribution in [0.3, 0.4) is 0 Å². The van der Waals surface area contributed by atoms with Crippen molar-refractivity contribution in [1.29, 1.82) is 0 Å². The Morgan fingerprint density at radius 3 is 2.80 bits per heavy atom. The first kappa shape index (κ1) is 15.3. The summed E-state index contributed by atoms with van der Waals surface area (Å²) in [6, 6.07) is -0.209.